The van der Waals surface area contributed by atoms with Crippen LogP contribution in [-0.2, 0) is 11.3 Å². The molecular weight excluding hydrogens is 430 g/mol. The molecule has 1 atom stereocenters. The molecule has 30 heavy (non-hydrogen) atoms. The predicted octanol–water partition coefficient (Wildman–Crippen LogP) is 1.59. The van der Waals surface area contributed by atoms with E-state index in [0.29, 0.717) is 35.3 Å². The molecule has 0 saturated carbocycles. The number of hydrazone groups is 1. The van der Waals surface area contributed by atoms with Crippen LogP contribution in [0.3, 0.4) is 0 Å². The van der Waals surface area contributed by atoms with Crippen LogP contribution in [0.5, 0.6) is 5.88 Å². The summed E-state index contributed by atoms with van der Waals surface area (Å²) in [5, 5.41) is 20.6. The van der Waals surface area contributed by atoms with Crippen molar-refractivity contribution in [2.75, 3.05) is 20.8 Å². The standard InChI is InChI=1S/C19H22ClN5O4S/c1-21-19(30)25-14(11-4-6-12(20)7-5-11)10-13(23-25)15-16(26)22-18(28)24(17(15)27)8-3-9-29-2/h4-7,14,27H,3,8-10H2,1-2H3,(H,21,30)(H,22,26,28). The average Bonchev–Trinajstić information content (AvgIpc) is 3.15. The number of H-pyrrole nitrogens is 1. The molecule has 9 nitrogen and oxygen atoms in total. The van der Waals surface area contributed by atoms with E-state index in [1.807, 2.05) is 12.1 Å². The number of hydrogen-bond acceptors (Lipinski definition) is 6. The highest BCUT2D eigenvalue weighted by atomic mass is 35.5. The summed E-state index contributed by atoms with van der Waals surface area (Å²) < 4.78 is 6.10. The summed E-state index contributed by atoms with van der Waals surface area (Å²) in [6, 6.07) is 6.93. The maximum atomic E-state index is 12.5. The number of nitrogens with one attached hydrogen (secondary N) is 2. The van der Waals surface area contributed by atoms with E-state index < -0.39 is 17.1 Å². The molecule has 0 radical (unpaired) electrons. The van der Waals surface area contributed by atoms with E-state index in [2.05, 4.69) is 15.4 Å². The van der Waals surface area contributed by atoms with Crippen molar-refractivity contribution >= 4 is 34.6 Å². The fourth-order valence-electron chi connectivity index (χ4n) is 3.30. The quantitative estimate of drug-likeness (QED) is 0.451. The van der Waals surface area contributed by atoms with Gasteiger partial charge in [0.2, 0.25) is 5.88 Å². The number of thiocarbonyl (C=S) groups is 1. The van der Waals surface area contributed by atoms with E-state index in [1.165, 1.54) is 0 Å². The van der Waals surface area contributed by atoms with Crippen molar-refractivity contribution in [3.05, 3.63) is 61.3 Å². The lowest BCUT2D eigenvalue weighted by Crippen LogP contribution is -2.34. The molecule has 2 heterocycles. The largest absolute Gasteiger partial charge is 0.494 e. The number of methoxy groups -OCH3 is 1. The zero-order valence-corrected chi connectivity index (χ0v) is 18.1. The number of nitrogens with zero attached hydrogens (tertiary/aromatic N) is 3. The third-order valence-corrected chi connectivity index (χ3v) is 5.42. The number of aromatic amines is 1. The van der Waals surface area contributed by atoms with E-state index in [1.54, 1.807) is 31.3 Å². The van der Waals surface area contributed by atoms with Crippen LogP contribution in [0.25, 0.3) is 0 Å². The van der Waals surface area contributed by atoms with Crippen LogP contribution in [0.2, 0.25) is 5.02 Å². The molecule has 2 aromatic rings. The molecule has 0 amide bonds. The molecule has 1 aromatic carbocycles. The number of rotatable bonds is 6. The molecule has 160 valence electrons. The normalized spacial score (nSPS) is 15.9. The molecule has 3 N–H and O–H groups in total. The highest BCUT2D eigenvalue weighted by Gasteiger charge is 2.34. The molecule has 1 aliphatic heterocycles. The Kier molecular flexibility index (Phi) is 6.91. The van der Waals surface area contributed by atoms with E-state index in [-0.39, 0.29) is 18.2 Å². The lowest BCUT2D eigenvalue weighted by molar-refractivity contribution is 0.188. The number of benzene rings is 1. The van der Waals surface area contributed by atoms with Crippen molar-refractivity contribution in [3.8, 4) is 5.88 Å². The highest BCUT2D eigenvalue weighted by molar-refractivity contribution is 7.80. The minimum atomic E-state index is -0.702. The number of halogens is 1. The van der Waals surface area contributed by atoms with E-state index in [4.69, 9.17) is 28.6 Å². The van der Waals surface area contributed by atoms with Gasteiger partial charge in [-0.1, -0.05) is 23.7 Å². The molecule has 11 heteroatoms. The second kappa shape index (κ2) is 9.41. The third kappa shape index (κ3) is 4.40. The van der Waals surface area contributed by atoms with Crippen LogP contribution in [0.1, 0.15) is 30.0 Å². The second-order valence-corrected chi connectivity index (χ2v) is 7.50. The van der Waals surface area contributed by atoms with Crippen LogP contribution >= 0.6 is 23.8 Å². The summed E-state index contributed by atoms with van der Waals surface area (Å²) in [6.45, 7) is 0.596. The third-order valence-electron chi connectivity index (χ3n) is 4.78. The van der Waals surface area contributed by atoms with E-state index in [9.17, 15) is 14.7 Å². The summed E-state index contributed by atoms with van der Waals surface area (Å²) in [7, 11) is 3.22. The van der Waals surface area contributed by atoms with Gasteiger partial charge in [0.1, 0.15) is 5.56 Å². The smallest absolute Gasteiger partial charge is 0.331 e. The van der Waals surface area contributed by atoms with E-state index in [0.717, 1.165) is 10.1 Å². The minimum Gasteiger partial charge on any atom is -0.494 e. The first kappa shape index (κ1) is 22.0. The Morgan fingerprint density at radius 1 is 1.40 bits per heavy atom. The SMILES string of the molecule is CNC(=S)N1N=C(c2c(O)n(CCCOC)c(=O)[nH]c2=O)CC1c1ccc(Cl)cc1. The number of aromatic hydroxyl groups is 1. The fraction of sp³-hybridized carbons (Fsp3) is 0.368. The number of hydrogen-bond donors (Lipinski definition) is 3. The van der Waals surface area contributed by atoms with Gasteiger partial charge in [0.25, 0.3) is 5.56 Å². The van der Waals surface area contributed by atoms with Gasteiger partial charge in [-0.15, -0.1) is 0 Å². The van der Waals surface area contributed by atoms with Crippen molar-refractivity contribution in [1.82, 2.24) is 19.9 Å². The summed E-state index contributed by atoms with van der Waals surface area (Å²) in [4.78, 5) is 27.0. The summed E-state index contributed by atoms with van der Waals surface area (Å²) in [5.74, 6) is -0.425. The molecule has 0 bridgehead atoms. The average molecular weight is 452 g/mol. The Balaban J connectivity index is 2.03. The zero-order chi connectivity index (χ0) is 21.8. The van der Waals surface area contributed by atoms with Crippen molar-refractivity contribution in [2.45, 2.75) is 25.4 Å². The Morgan fingerprint density at radius 3 is 2.73 bits per heavy atom. The lowest BCUT2D eigenvalue weighted by atomic mass is 9.99. The van der Waals surface area contributed by atoms with Crippen molar-refractivity contribution < 1.29 is 9.84 Å². The summed E-state index contributed by atoms with van der Waals surface area (Å²) in [5.41, 5.74) is -0.224. The van der Waals surface area contributed by atoms with Gasteiger partial charge in [-0.25, -0.2) is 9.80 Å². The van der Waals surface area contributed by atoms with Crippen molar-refractivity contribution in [1.29, 1.82) is 0 Å². The summed E-state index contributed by atoms with van der Waals surface area (Å²) in [6.07, 6.45) is 0.793. The molecule has 1 aliphatic rings. The van der Waals surface area contributed by atoms with E-state index >= 15 is 0 Å². The number of aromatic nitrogens is 2. The monoisotopic (exact) mass is 451 g/mol. The lowest BCUT2D eigenvalue weighted by Gasteiger charge is -2.23. The van der Waals surface area contributed by atoms with Gasteiger partial charge in [-0.05, 0) is 36.3 Å². The Labute approximate surface area is 182 Å². The zero-order valence-electron chi connectivity index (χ0n) is 16.5. The molecule has 0 saturated heterocycles. The molecule has 1 aromatic heterocycles. The molecular formula is C19H22ClN5O4S. The predicted molar refractivity (Wildman–Crippen MR) is 118 cm³/mol. The fourth-order valence-corrected chi connectivity index (χ4v) is 3.60. The van der Waals surface area contributed by atoms with Gasteiger partial charge in [0.05, 0.1) is 11.8 Å². The van der Waals surface area contributed by atoms with Crippen molar-refractivity contribution in [3.63, 3.8) is 0 Å². The molecule has 1 unspecified atom stereocenters. The van der Waals surface area contributed by atoms with Gasteiger partial charge >= 0.3 is 5.69 Å². The summed E-state index contributed by atoms with van der Waals surface area (Å²) >= 11 is 11.4. The molecule has 0 spiro atoms. The number of ether oxygens (including phenoxy) is 1. The van der Waals surface area contributed by atoms with Crippen molar-refractivity contribution in [2.24, 2.45) is 5.10 Å². The maximum Gasteiger partial charge on any atom is 0.331 e. The molecule has 0 fully saturated rings. The Bertz CT molecular complexity index is 1080. The van der Waals surface area contributed by atoms with Crippen LogP contribution in [0.15, 0.2) is 39.0 Å². The first-order valence-electron chi connectivity index (χ1n) is 9.26. The van der Waals surface area contributed by atoms with Gasteiger partial charge in [-0.3, -0.25) is 14.3 Å². The topological polar surface area (TPSA) is 112 Å². The van der Waals surface area contributed by atoms with Gasteiger partial charge in [0, 0.05) is 38.8 Å². The Hall–Kier alpha value is -2.69. The first-order chi connectivity index (χ1) is 14.4. The second-order valence-electron chi connectivity index (χ2n) is 6.67. The highest BCUT2D eigenvalue weighted by Crippen LogP contribution is 2.34. The van der Waals surface area contributed by atoms with Gasteiger partial charge in [-0.2, -0.15) is 5.10 Å². The molecule has 0 aliphatic carbocycles. The van der Waals surface area contributed by atoms with Crippen LogP contribution < -0.4 is 16.6 Å². The first-order valence-corrected chi connectivity index (χ1v) is 10.0. The van der Waals surface area contributed by atoms with Crippen LogP contribution in [-0.4, -0.2) is 51.3 Å². The van der Waals surface area contributed by atoms with Crippen LogP contribution in [0.4, 0.5) is 0 Å². The van der Waals surface area contributed by atoms with Gasteiger partial charge < -0.3 is 15.2 Å². The minimum absolute atomic E-state index is 0.0487. The molecule has 3 rings (SSSR count). The van der Waals surface area contributed by atoms with Crippen LogP contribution in [0, 0.1) is 0 Å². The Morgan fingerprint density at radius 2 is 2.10 bits per heavy atom. The van der Waals surface area contributed by atoms with Gasteiger partial charge in [0.15, 0.2) is 5.11 Å². The maximum absolute atomic E-state index is 12.5.